The van der Waals surface area contributed by atoms with Crippen LogP contribution in [0.15, 0.2) is 23.1 Å². The van der Waals surface area contributed by atoms with Crippen molar-refractivity contribution < 1.29 is 13.2 Å². The molecule has 0 amide bonds. The molecule has 0 radical (unpaired) electrons. The first-order chi connectivity index (χ1) is 9.90. The second-order valence-corrected chi connectivity index (χ2v) is 7.50. The molecule has 0 bridgehead atoms. The van der Waals surface area contributed by atoms with Gasteiger partial charge in [-0.3, -0.25) is 4.90 Å². The third-order valence-electron chi connectivity index (χ3n) is 3.42. The first-order valence-electron chi connectivity index (χ1n) is 6.66. The molecule has 1 aliphatic heterocycles. The van der Waals surface area contributed by atoms with E-state index in [0.717, 1.165) is 13.1 Å². The number of ether oxygens (including phenoxy) is 1. The predicted molar refractivity (Wildman–Crippen MR) is 83.5 cm³/mol. The van der Waals surface area contributed by atoms with Crippen LogP contribution < -0.4 is 4.72 Å². The fourth-order valence-electron chi connectivity index (χ4n) is 2.14. The number of rotatable bonds is 5. The zero-order chi connectivity index (χ0) is 15.5. The lowest BCUT2D eigenvalue weighted by Gasteiger charge is -2.32. The molecule has 0 saturated carbocycles. The Morgan fingerprint density at radius 2 is 2.00 bits per heavy atom. The van der Waals surface area contributed by atoms with Crippen LogP contribution in [0.2, 0.25) is 10.0 Å². The molecular formula is C13H18Cl2N2O3S. The molecule has 1 atom stereocenters. The van der Waals surface area contributed by atoms with Crippen molar-refractivity contribution in [2.45, 2.75) is 17.9 Å². The number of nitrogens with one attached hydrogen (secondary N) is 1. The Morgan fingerprint density at radius 1 is 1.33 bits per heavy atom. The minimum Gasteiger partial charge on any atom is -0.379 e. The standard InChI is InChI=1S/C13H18Cl2N2O3S/c1-10(17-4-6-20-7-5-17)9-16-21(18,19)13-8-11(14)2-3-12(13)15/h2-3,8,10,16H,4-7,9H2,1H3/t10-/m0/s1. The summed E-state index contributed by atoms with van der Waals surface area (Å²) in [5, 5.41) is 0.493. The Hall–Kier alpha value is -0.370. The normalized spacial score (nSPS) is 18.6. The van der Waals surface area contributed by atoms with Gasteiger partial charge in [0.05, 0.1) is 18.2 Å². The van der Waals surface area contributed by atoms with E-state index in [-0.39, 0.29) is 16.0 Å². The summed E-state index contributed by atoms with van der Waals surface area (Å²) in [5.41, 5.74) is 0. The molecule has 1 aliphatic rings. The van der Waals surface area contributed by atoms with Crippen LogP contribution in [0.25, 0.3) is 0 Å². The lowest BCUT2D eigenvalue weighted by Crippen LogP contribution is -2.47. The van der Waals surface area contributed by atoms with Crippen molar-refractivity contribution in [3.8, 4) is 0 Å². The maximum absolute atomic E-state index is 12.3. The largest absolute Gasteiger partial charge is 0.379 e. The Labute approximate surface area is 135 Å². The molecule has 5 nitrogen and oxygen atoms in total. The maximum Gasteiger partial charge on any atom is 0.242 e. The maximum atomic E-state index is 12.3. The van der Waals surface area contributed by atoms with Crippen molar-refractivity contribution in [3.05, 3.63) is 28.2 Å². The summed E-state index contributed by atoms with van der Waals surface area (Å²) >= 11 is 11.8. The average molecular weight is 353 g/mol. The van der Waals surface area contributed by atoms with Crippen LogP contribution >= 0.6 is 23.2 Å². The van der Waals surface area contributed by atoms with Gasteiger partial charge in [-0.05, 0) is 25.1 Å². The van der Waals surface area contributed by atoms with Crippen molar-refractivity contribution in [1.29, 1.82) is 0 Å². The third kappa shape index (κ3) is 4.55. The summed E-state index contributed by atoms with van der Waals surface area (Å²) in [6.45, 7) is 5.26. The quantitative estimate of drug-likeness (QED) is 0.880. The molecule has 1 heterocycles. The molecule has 1 saturated heterocycles. The van der Waals surface area contributed by atoms with E-state index >= 15 is 0 Å². The van der Waals surface area contributed by atoms with E-state index < -0.39 is 10.0 Å². The SMILES string of the molecule is C[C@@H](CNS(=O)(=O)c1cc(Cl)ccc1Cl)N1CCOCC1. The highest BCUT2D eigenvalue weighted by molar-refractivity contribution is 7.89. The molecule has 0 aliphatic carbocycles. The van der Waals surface area contributed by atoms with Crippen molar-refractivity contribution in [3.63, 3.8) is 0 Å². The highest BCUT2D eigenvalue weighted by Gasteiger charge is 2.22. The van der Waals surface area contributed by atoms with E-state index in [4.69, 9.17) is 27.9 Å². The van der Waals surface area contributed by atoms with Gasteiger partial charge in [-0.1, -0.05) is 23.2 Å². The summed E-state index contributed by atoms with van der Waals surface area (Å²) in [6.07, 6.45) is 0. The van der Waals surface area contributed by atoms with Gasteiger partial charge in [0.15, 0.2) is 0 Å². The molecule has 1 N–H and O–H groups in total. The lowest BCUT2D eigenvalue weighted by atomic mass is 10.2. The van der Waals surface area contributed by atoms with E-state index in [1.165, 1.54) is 12.1 Å². The molecule has 8 heteroatoms. The van der Waals surface area contributed by atoms with Crippen molar-refractivity contribution >= 4 is 33.2 Å². The number of benzene rings is 1. The van der Waals surface area contributed by atoms with Gasteiger partial charge in [0.2, 0.25) is 10.0 Å². The van der Waals surface area contributed by atoms with Crippen molar-refractivity contribution in [1.82, 2.24) is 9.62 Å². The molecule has 2 rings (SSSR count). The van der Waals surface area contributed by atoms with Gasteiger partial charge < -0.3 is 4.74 Å². The molecule has 0 aromatic heterocycles. The minimum absolute atomic E-state index is 0.00541. The second-order valence-electron chi connectivity index (χ2n) is 4.92. The number of morpholine rings is 1. The molecule has 1 aromatic carbocycles. The first kappa shape index (κ1) is 17.0. The Bertz CT molecular complexity index is 589. The van der Waals surface area contributed by atoms with Crippen LogP contribution in [0.4, 0.5) is 0 Å². The summed E-state index contributed by atoms with van der Waals surface area (Å²) in [4.78, 5) is 2.19. The van der Waals surface area contributed by atoms with E-state index in [1.54, 1.807) is 6.07 Å². The number of hydrogen-bond donors (Lipinski definition) is 1. The average Bonchev–Trinajstić information content (AvgIpc) is 2.48. The molecule has 0 spiro atoms. The van der Waals surface area contributed by atoms with Gasteiger partial charge in [0.1, 0.15) is 4.90 Å². The molecule has 118 valence electrons. The summed E-state index contributed by atoms with van der Waals surface area (Å²) in [5.74, 6) is 0. The van der Waals surface area contributed by atoms with E-state index in [0.29, 0.717) is 24.8 Å². The Balaban J connectivity index is 2.02. The molecule has 1 fully saturated rings. The third-order valence-corrected chi connectivity index (χ3v) is 5.56. The number of halogens is 2. The van der Waals surface area contributed by atoms with Gasteiger partial charge in [-0.25, -0.2) is 13.1 Å². The van der Waals surface area contributed by atoms with Crippen LogP contribution in [-0.2, 0) is 14.8 Å². The molecule has 1 aromatic rings. The highest BCUT2D eigenvalue weighted by Crippen LogP contribution is 2.24. The highest BCUT2D eigenvalue weighted by atomic mass is 35.5. The summed E-state index contributed by atoms with van der Waals surface area (Å²) in [6, 6.07) is 4.47. The van der Waals surface area contributed by atoms with Crippen LogP contribution in [0.3, 0.4) is 0 Å². The van der Waals surface area contributed by atoms with Crippen LogP contribution in [-0.4, -0.2) is 52.2 Å². The topological polar surface area (TPSA) is 58.6 Å². The predicted octanol–water partition coefficient (Wildman–Crippen LogP) is 1.99. The molecular weight excluding hydrogens is 335 g/mol. The lowest BCUT2D eigenvalue weighted by molar-refractivity contribution is 0.0213. The van der Waals surface area contributed by atoms with Gasteiger partial charge in [0.25, 0.3) is 0 Å². The van der Waals surface area contributed by atoms with Gasteiger partial charge in [-0.15, -0.1) is 0 Å². The van der Waals surface area contributed by atoms with E-state index in [2.05, 4.69) is 9.62 Å². The smallest absolute Gasteiger partial charge is 0.242 e. The zero-order valence-corrected chi connectivity index (χ0v) is 14.0. The van der Waals surface area contributed by atoms with Crippen LogP contribution in [0.1, 0.15) is 6.92 Å². The Morgan fingerprint density at radius 3 is 2.67 bits per heavy atom. The van der Waals surface area contributed by atoms with Gasteiger partial charge >= 0.3 is 0 Å². The fraction of sp³-hybridized carbons (Fsp3) is 0.538. The number of nitrogens with zero attached hydrogens (tertiary/aromatic N) is 1. The number of sulfonamides is 1. The molecule has 0 unspecified atom stereocenters. The Kier molecular flexibility index (Phi) is 5.88. The zero-order valence-electron chi connectivity index (χ0n) is 11.7. The van der Waals surface area contributed by atoms with E-state index in [9.17, 15) is 8.42 Å². The van der Waals surface area contributed by atoms with Gasteiger partial charge in [-0.2, -0.15) is 0 Å². The molecule has 21 heavy (non-hydrogen) atoms. The van der Waals surface area contributed by atoms with Gasteiger partial charge in [0, 0.05) is 30.7 Å². The number of hydrogen-bond acceptors (Lipinski definition) is 4. The minimum atomic E-state index is -3.67. The van der Waals surface area contributed by atoms with Crippen molar-refractivity contribution in [2.24, 2.45) is 0 Å². The first-order valence-corrected chi connectivity index (χ1v) is 8.90. The van der Waals surface area contributed by atoms with Crippen LogP contribution in [0, 0.1) is 0 Å². The van der Waals surface area contributed by atoms with Crippen LogP contribution in [0.5, 0.6) is 0 Å². The van der Waals surface area contributed by atoms with E-state index in [1.807, 2.05) is 6.92 Å². The van der Waals surface area contributed by atoms with Crippen molar-refractivity contribution in [2.75, 3.05) is 32.8 Å². The summed E-state index contributed by atoms with van der Waals surface area (Å²) < 4.78 is 32.5. The monoisotopic (exact) mass is 352 g/mol. The summed E-state index contributed by atoms with van der Waals surface area (Å²) in [7, 11) is -3.67. The fourth-order valence-corrected chi connectivity index (χ4v) is 4.02. The second kappa shape index (κ2) is 7.26.